The lowest BCUT2D eigenvalue weighted by Gasteiger charge is -2.07. The summed E-state index contributed by atoms with van der Waals surface area (Å²) in [6, 6.07) is -0.623. The van der Waals surface area contributed by atoms with Crippen molar-refractivity contribution in [2.45, 2.75) is 0 Å². The fourth-order valence-electron chi connectivity index (χ4n) is 0.0697. The second-order valence-corrected chi connectivity index (χ2v) is 1.78. The van der Waals surface area contributed by atoms with Gasteiger partial charge in [-0.05, 0) is 6.08 Å². The summed E-state index contributed by atoms with van der Waals surface area (Å²) < 4.78 is 0. The molecule has 0 saturated carbocycles. The van der Waals surface area contributed by atoms with Crippen LogP contribution in [0.25, 0.3) is 0 Å². The number of carbonyl (C=O) groups excluding carboxylic acids is 2. The summed E-state index contributed by atoms with van der Waals surface area (Å²) in [5, 5.41) is 8.13. The third-order valence-electron chi connectivity index (χ3n) is 0.790. The van der Waals surface area contributed by atoms with Gasteiger partial charge in [-0.3, -0.25) is 4.79 Å². The van der Waals surface area contributed by atoms with Gasteiger partial charge in [-0.2, -0.15) is 0 Å². The number of nitrogens with two attached hydrogens (primary N) is 2. The number of aliphatic hydroxyl groups is 1. The summed E-state index contributed by atoms with van der Waals surface area (Å²) in [7, 11) is 1.41. The molecule has 0 rings (SSSR count). The first-order valence-electron chi connectivity index (χ1n) is 2.99. The third kappa shape index (κ3) is 11.3. The normalized spacial score (nSPS) is 7.50. The number of urea groups is 1. The molecule has 0 aliphatic heterocycles. The molecule has 70 valence electrons. The Labute approximate surface area is 70.4 Å². The second-order valence-electron chi connectivity index (χ2n) is 1.78. The molecule has 0 aliphatic rings. The summed E-state index contributed by atoms with van der Waals surface area (Å²) in [5.41, 5.74) is 9.21. The Bertz CT molecular complexity index is 169. The Balaban J connectivity index is 0. The van der Waals surface area contributed by atoms with Gasteiger partial charge in [0.15, 0.2) is 0 Å². The molecule has 5 N–H and O–H groups in total. The minimum Gasteiger partial charge on any atom is -0.376 e. The molecule has 6 nitrogen and oxygen atoms in total. The lowest BCUT2D eigenvalue weighted by Crippen LogP contribution is -2.32. The average Bonchev–Trinajstić information content (AvgIpc) is 2.04. The van der Waals surface area contributed by atoms with Crippen molar-refractivity contribution >= 4 is 11.9 Å². The second kappa shape index (κ2) is 7.55. The SMILES string of the molecule is C=CC(N)=O.CN(CO)C(N)=O. The van der Waals surface area contributed by atoms with E-state index in [1.165, 1.54) is 7.05 Å². The molecule has 0 atom stereocenters. The Kier molecular flexibility index (Phi) is 8.21. The molecule has 6 heteroatoms. The Morgan fingerprint density at radius 2 is 1.92 bits per heavy atom. The summed E-state index contributed by atoms with van der Waals surface area (Å²) >= 11 is 0. The first kappa shape index (κ1) is 13.1. The van der Waals surface area contributed by atoms with E-state index in [-0.39, 0.29) is 6.73 Å². The van der Waals surface area contributed by atoms with E-state index in [1.54, 1.807) is 0 Å². The number of hydrogen-bond donors (Lipinski definition) is 3. The number of aliphatic hydroxyl groups excluding tert-OH is 1. The fourth-order valence-corrected chi connectivity index (χ4v) is 0.0697. The molecule has 0 spiro atoms. The molecule has 3 amide bonds. The maximum atomic E-state index is 9.92. The highest BCUT2D eigenvalue weighted by Gasteiger charge is 1.95. The predicted octanol–water partition coefficient (Wildman–Crippen LogP) is -1.40. The Hall–Kier alpha value is -1.56. The Morgan fingerprint density at radius 3 is 1.92 bits per heavy atom. The first-order chi connectivity index (χ1) is 5.45. The van der Waals surface area contributed by atoms with Crippen LogP contribution in [0.15, 0.2) is 12.7 Å². The van der Waals surface area contributed by atoms with E-state index in [2.05, 4.69) is 18.0 Å². The fraction of sp³-hybridized carbons (Fsp3) is 0.333. The van der Waals surface area contributed by atoms with Crippen LogP contribution in [0.5, 0.6) is 0 Å². The van der Waals surface area contributed by atoms with E-state index in [4.69, 9.17) is 5.11 Å². The monoisotopic (exact) mass is 175 g/mol. The van der Waals surface area contributed by atoms with Gasteiger partial charge < -0.3 is 21.5 Å². The van der Waals surface area contributed by atoms with Crippen LogP contribution in [-0.2, 0) is 4.79 Å². The largest absolute Gasteiger partial charge is 0.376 e. The molecule has 0 aromatic rings. The van der Waals surface area contributed by atoms with E-state index in [0.717, 1.165) is 11.0 Å². The van der Waals surface area contributed by atoms with Gasteiger partial charge >= 0.3 is 6.03 Å². The van der Waals surface area contributed by atoms with Gasteiger partial charge in [-0.15, -0.1) is 0 Å². The van der Waals surface area contributed by atoms with E-state index >= 15 is 0 Å². The molecule has 0 heterocycles. The summed E-state index contributed by atoms with van der Waals surface area (Å²) in [5.74, 6) is -0.481. The molecule has 0 aromatic heterocycles. The van der Waals surface area contributed by atoms with Gasteiger partial charge in [0.1, 0.15) is 6.73 Å². The number of carbonyl (C=O) groups is 2. The van der Waals surface area contributed by atoms with Crippen molar-refractivity contribution in [1.29, 1.82) is 0 Å². The number of rotatable bonds is 2. The van der Waals surface area contributed by atoms with Crippen molar-refractivity contribution in [1.82, 2.24) is 4.90 Å². The van der Waals surface area contributed by atoms with Crippen LogP contribution in [0, 0.1) is 0 Å². The van der Waals surface area contributed by atoms with Crippen LogP contribution in [0.3, 0.4) is 0 Å². The minimum atomic E-state index is -0.623. The maximum Gasteiger partial charge on any atom is 0.316 e. The quantitative estimate of drug-likeness (QED) is 0.354. The van der Waals surface area contributed by atoms with Crippen molar-refractivity contribution in [2.24, 2.45) is 11.5 Å². The molecule has 12 heavy (non-hydrogen) atoms. The Morgan fingerprint density at radius 1 is 1.58 bits per heavy atom. The van der Waals surface area contributed by atoms with E-state index in [1.807, 2.05) is 0 Å². The van der Waals surface area contributed by atoms with E-state index in [0.29, 0.717) is 0 Å². The average molecular weight is 175 g/mol. The molecule has 0 bridgehead atoms. The first-order valence-corrected chi connectivity index (χ1v) is 2.99. The summed E-state index contributed by atoms with van der Waals surface area (Å²) in [6.07, 6.45) is 1.06. The van der Waals surface area contributed by atoms with Crippen LogP contribution >= 0.6 is 0 Å². The number of primary amides is 2. The van der Waals surface area contributed by atoms with Crippen LogP contribution in [0.2, 0.25) is 0 Å². The van der Waals surface area contributed by atoms with E-state index in [9.17, 15) is 9.59 Å². The minimum absolute atomic E-state index is 0.324. The molecular formula is C6H13N3O3. The number of nitrogens with zero attached hydrogens (tertiary/aromatic N) is 1. The van der Waals surface area contributed by atoms with Crippen LogP contribution < -0.4 is 11.5 Å². The van der Waals surface area contributed by atoms with Crippen LogP contribution in [0.1, 0.15) is 0 Å². The molecule has 0 saturated heterocycles. The topological polar surface area (TPSA) is 110 Å². The van der Waals surface area contributed by atoms with Crippen LogP contribution in [-0.4, -0.2) is 35.7 Å². The molecule has 0 aromatic carbocycles. The molecule has 0 unspecified atom stereocenters. The van der Waals surface area contributed by atoms with Crippen molar-refractivity contribution in [3.63, 3.8) is 0 Å². The lowest BCUT2D eigenvalue weighted by atomic mass is 10.6. The van der Waals surface area contributed by atoms with E-state index < -0.39 is 11.9 Å². The molecule has 0 radical (unpaired) electrons. The van der Waals surface area contributed by atoms with Gasteiger partial charge in [0, 0.05) is 7.05 Å². The highest BCUT2D eigenvalue weighted by molar-refractivity contribution is 5.84. The molecule has 0 aliphatic carbocycles. The van der Waals surface area contributed by atoms with Crippen LogP contribution in [0.4, 0.5) is 4.79 Å². The number of amides is 3. The zero-order chi connectivity index (χ0) is 10.1. The van der Waals surface area contributed by atoms with Gasteiger partial charge in [-0.1, -0.05) is 6.58 Å². The van der Waals surface area contributed by atoms with Gasteiger partial charge in [0.2, 0.25) is 5.91 Å². The lowest BCUT2D eigenvalue weighted by molar-refractivity contribution is -0.113. The van der Waals surface area contributed by atoms with Crippen molar-refractivity contribution < 1.29 is 14.7 Å². The summed E-state index contributed by atoms with van der Waals surface area (Å²) in [6.45, 7) is 2.76. The standard InChI is InChI=1S/C3H8N2O2.C3H5NO/c1-5(2-6)3(4)7;1-2-3(4)5/h6H,2H2,1H3,(H2,4,7);2H,1H2,(H2,4,5). The smallest absolute Gasteiger partial charge is 0.316 e. The van der Waals surface area contributed by atoms with Crippen molar-refractivity contribution in [3.8, 4) is 0 Å². The molecular weight excluding hydrogens is 162 g/mol. The third-order valence-corrected chi connectivity index (χ3v) is 0.790. The van der Waals surface area contributed by atoms with Gasteiger partial charge in [-0.25, -0.2) is 4.79 Å². The predicted molar refractivity (Wildman–Crippen MR) is 43.8 cm³/mol. The van der Waals surface area contributed by atoms with Crippen molar-refractivity contribution in [2.75, 3.05) is 13.8 Å². The zero-order valence-corrected chi connectivity index (χ0v) is 6.86. The molecule has 0 fully saturated rings. The highest BCUT2D eigenvalue weighted by atomic mass is 16.3. The van der Waals surface area contributed by atoms with Gasteiger partial charge in [0.25, 0.3) is 0 Å². The number of hydrogen-bond acceptors (Lipinski definition) is 3. The summed E-state index contributed by atoms with van der Waals surface area (Å²) in [4.78, 5) is 20.4. The van der Waals surface area contributed by atoms with Gasteiger partial charge in [0.05, 0.1) is 0 Å². The highest BCUT2D eigenvalue weighted by Crippen LogP contribution is 1.72. The zero-order valence-electron chi connectivity index (χ0n) is 6.86. The van der Waals surface area contributed by atoms with Crippen molar-refractivity contribution in [3.05, 3.63) is 12.7 Å². The maximum absolute atomic E-state index is 9.92.